The van der Waals surface area contributed by atoms with Crippen LogP contribution in [0.25, 0.3) is 22.4 Å². The van der Waals surface area contributed by atoms with E-state index in [1.165, 1.54) is 32.1 Å². The predicted molar refractivity (Wildman–Crippen MR) is 109 cm³/mol. The third-order valence-electron chi connectivity index (χ3n) is 6.53. The molecule has 2 fully saturated rings. The molecule has 2 bridgehead atoms. The Bertz CT molecular complexity index is 942. The number of hydrogen-bond donors (Lipinski definition) is 2. The Morgan fingerprint density at radius 1 is 1.00 bits per heavy atom. The second kappa shape index (κ2) is 6.93. The van der Waals surface area contributed by atoms with Crippen LogP contribution in [0.5, 0.6) is 5.75 Å². The van der Waals surface area contributed by atoms with E-state index in [9.17, 15) is 5.11 Å². The van der Waals surface area contributed by atoms with Crippen LogP contribution in [0.1, 0.15) is 32.1 Å². The lowest BCUT2D eigenvalue weighted by molar-refractivity contribution is 0.312. The first-order valence-corrected chi connectivity index (χ1v) is 10.1. The summed E-state index contributed by atoms with van der Waals surface area (Å²) in [5, 5.41) is 26.1. The van der Waals surface area contributed by atoms with E-state index in [0.29, 0.717) is 17.3 Å². The maximum atomic E-state index is 10.5. The molecule has 6 heteroatoms. The van der Waals surface area contributed by atoms with Gasteiger partial charge in [-0.2, -0.15) is 5.10 Å². The van der Waals surface area contributed by atoms with Crippen LogP contribution in [0.2, 0.25) is 0 Å². The van der Waals surface area contributed by atoms with Gasteiger partial charge in [0.05, 0.1) is 11.9 Å². The zero-order valence-electron chi connectivity index (χ0n) is 16.0. The summed E-state index contributed by atoms with van der Waals surface area (Å²) < 4.78 is 0. The maximum Gasteiger partial charge on any atom is 0.151 e. The molecule has 3 aromatic rings. The minimum absolute atomic E-state index is 0.193. The molecule has 2 aliphatic carbocycles. The highest BCUT2D eigenvalue weighted by Gasteiger charge is 2.36. The quantitative estimate of drug-likeness (QED) is 0.713. The van der Waals surface area contributed by atoms with Gasteiger partial charge in [-0.15, -0.1) is 10.2 Å². The van der Waals surface area contributed by atoms with E-state index in [-0.39, 0.29) is 5.75 Å². The Kier molecular flexibility index (Phi) is 4.26. The first-order valence-electron chi connectivity index (χ1n) is 10.1. The van der Waals surface area contributed by atoms with Crippen LogP contribution in [0.3, 0.4) is 0 Å². The standard InChI is InChI=1S/C22H25N5O/c1-27(18-9-14-2-3-15(8-14)10-18)22-7-6-20(25-26-22)19-5-4-16(11-21(19)28)17-12-23-24-13-17/h4-7,11-15,18,28H,2-3,8-10H2,1H3,(H,23,24)/t14-,15+,18+. The number of hydrogen-bond acceptors (Lipinski definition) is 5. The Hall–Kier alpha value is -2.89. The number of nitrogens with zero attached hydrogens (tertiary/aromatic N) is 4. The van der Waals surface area contributed by atoms with Crippen LogP contribution in [-0.2, 0) is 0 Å². The van der Waals surface area contributed by atoms with Gasteiger partial charge in [0.2, 0.25) is 0 Å². The van der Waals surface area contributed by atoms with E-state index in [4.69, 9.17) is 0 Å². The average molecular weight is 375 g/mol. The van der Waals surface area contributed by atoms with Gasteiger partial charge in [0, 0.05) is 30.4 Å². The fourth-order valence-corrected chi connectivity index (χ4v) is 4.97. The number of phenolic OH excluding ortho intramolecular Hbond substituents is 1. The monoisotopic (exact) mass is 375 g/mol. The average Bonchev–Trinajstić information content (AvgIpc) is 3.37. The van der Waals surface area contributed by atoms with Gasteiger partial charge >= 0.3 is 0 Å². The number of phenols is 1. The number of aromatic nitrogens is 4. The topological polar surface area (TPSA) is 77.9 Å². The van der Waals surface area contributed by atoms with Gasteiger partial charge in [-0.05, 0) is 60.9 Å². The predicted octanol–water partition coefficient (Wildman–Crippen LogP) is 4.25. The molecular weight excluding hydrogens is 350 g/mol. The molecule has 2 aliphatic rings. The van der Waals surface area contributed by atoms with Crippen molar-refractivity contribution in [3.8, 4) is 28.1 Å². The summed E-state index contributed by atoms with van der Waals surface area (Å²) in [5.74, 6) is 2.88. The smallest absolute Gasteiger partial charge is 0.151 e. The van der Waals surface area contributed by atoms with Gasteiger partial charge < -0.3 is 10.0 Å². The molecule has 0 spiro atoms. The fourth-order valence-electron chi connectivity index (χ4n) is 4.97. The number of rotatable bonds is 4. The molecule has 0 radical (unpaired) electrons. The molecule has 6 nitrogen and oxygen atoms in total. The first kappa shape index (κ1) is 17.2. The highest BCUT2D eigenvalue weighted by atomic mass is 16.3. The first-order chi connectivity index (χ1) is 13.7. The molecular formula is C22H25N5O. The largest absolute Gasteiger partial charge is 0.507 e. The van der Waals surface area contributed by atoms with Gasteiger partial charge in [0.1, 0.15) is 5.75 Å². The van der Waals surface area contributed by atoms with Crippen LogP contribution < -0.4 is 4.90 Å². The molecule has 2 heterocycles. The lowest BCUT2D eigenvalue weighted by Crippen LogP contribution is -2.37. The summed E-state index contributed by atoms with van der Waals surface area (Å²) in [7, 11) is 2.14. The number of nitrogens with one attached hydrogen (secondary N) is 1. The Morgan fingerprint density at radius 3 is 2.46 bits per heavy atom. The van der Waals surface area contributed by atoms with Crippen LogP contribution >= 0.6 is 0 Å². The van der Waals surface area contributed by atoms with Crippen molar-refractivity contribution in [1.29, 1.82) is 0 Å². The second-order valence-electron chi connectivity index (χ2n) is 8.28. The van der Waals surface area contributed by atoms with Crippen LogP contribution in [0.15, 0.2) is 42.7 Å². The van der Waals surface area contributed by atoms with Crippen molar-refractivity contribution >= 4 is 5.82 Å². The van der Waals surface area contributed by atoms with E-state index >= 15 is 0 Å². The van der Waals surface area contributed by atoms with Gasteiger partial charge in [-0.25, -0.2) is 0 Å². The maximum absolute atomic E-state index is 10.5. The van der Waals surface area contributed by atoms with Gasteiger partial charge in [0.25, 0.3) is 0 Å². The molecule has 0 unspecified atom stereocenters. The third kappa shape index (κ3) is 3.13. The number of H-pyrrole nitrogens is 1. The van der Waals surface area contributed by atoms with E-state index in [1.54, 1.807) is 18.5 Å². The number of benzene rings is 1. The zero-order chi connectivity index (χ0) is 19.1. The molecule has 0 aliphatic heterocycles. The van der Waals surface area contributed by atoms with Crippen molar-refractivity contribution in [2.45, 2.75) is 38.1 Å². The Balaban J connectivity index is 1.35. The Labute approximate surface area is 164 Å². The van der Waals surface area contributed by atoms with Crippen molar-refractivity contribution in [2.75, 3.05) is 11.9 Å². The van der Waals surface area contributed by atoms with E-state index in [2.05, 4.69) is 32.3 Å². The SMILES string of the molecule is CN(c1ccc(-c2ccc(-c3cn[nH]c3)cc2O)nn1)[C@H]1C[C@@H]2CC[C@@H](C2)C1. The highest BCUT2D eigenvalue weighted by molar-refractivity contribution is 5.73. The van der Waals surface area contributed by atoms with Gasteiger partial charge in [0.15, 0.2) is 5.82 Å². The molecule has 2 saturated carbocycles. The van der Waals surface area contributed by atoms with E-state index in [1.807, 2.05) is 24.3 Å². The number of anilines is 1. The molecule has 0 amide bonds. The summed E-state index contributed by atoms with van der Waals surface area (Å²) in [6.07, 6.45) is 10.3. The number of aromatic amines is 1. The van der Waals surface area contributed by atoms with Crippen molar-refractivity contribution in [1.82, 2.24) is 20.4 Å². The lowest BCUT2D eigenvalue weighted by Gasteiger charge is -2.35. The highest BCUT2D eigenvalue weighted by Crippen LogP contribution is 2.43. The van der Waals surface area contributed by atoms with Crippen LogP contribution in [-0.4, -0.2) is 38.6 Å². The van der Waals surface area contributed by atoms with Crippen molar-refractivity contribution in [2.24, 2.45) is 11.8 Å². The van der Waals surface area contributed by atoms with Gasteiger partial charge in [-0.3, -0.25) is 5.10 Å². The molecule has 2 aromatic heterocycles. The molecule has 3 atom stereocenters. The third-order valence-corrected chi connectivity index (χ3v) is 6.53. The molecule has 0 saturated heterocycles. The molecule has 2 N–H and O–H groups in total. The number of fused-ring (bicyclic) bond motifs is 2. The molecule has 144 valence electrons. The molecule has 28 heavy (non-hydrogen) atoms. The van der Waals surface area contributed by atoms with Crippen molar-refractivity contribution in [3.63, 3.8) is 0 Å². The Morgan fingerprint density at radius 2 is 1.82 bits per heavy atom. The minimum Gasteiger partial charge on any atom is -0.507 e. The normalized spacial score (nSPS) is 23.7. The lowest BCUT2D eigenvalue weighted by atomic mass is 9.85. The number of aromatic hydroxyl groups is 1. The molecule has 1 aromatic carbocycles. The summed E-state index contributed by atoms with van der Waals surface area (Å²) >= 11 is 0. The summed E-state index contributed by atoms with van der Waals surface area (Å²) in [5.41, 5.74) is 3.21. The summed E-state index contributed by atoms with van der Waals surface area (Å²) in [4.78, 5) is 2.29. The van der Waals surface area contributed by atoms with E-state index < -0.39 is 0 Å². The summed E-state index contributed by atoms with van der Waals surface area (Å²) in [6.45, 7) is 0. The summed E-state index contributed by atoms with van der Waals surface area (Å²) in [6, 6.07) is 10.1. The van der Waals surface area contributed by atoms with Crippen molar-refractivity contribution < 1.29 is 5.11 Å². The van der Waals surface area contributed by atoms with Crippen LogP contribution in [0.4, 0.5) is 5.82 Å². The minimum atomic E-state index is 0.193. The zero-order valence-corrected chi connectivity index (χ0v) is 16.0. The van der Waals surface area contributed by atoms with Crippen LogP contribution in [0, 0.1) is 11.8 Å². The van der Waals surface area contributed by atoms with Gasteiger partial charge in [-0.1, -0.05) is 18.9 Å². The van der Waals surface area contributed by atoms with E-state index in [0.717, 1.165) is 28.8 Å². The molecule has 5 rings (SSSR count). The fraction of sp³-hybridized carbons (Fsp3) is 0.409. The van der Waals surface area contributed by atoms with Crippen molar-refractivity contribution in [3.05, 3.63) is 42.7 Å². The second-order valence-corrected chi connectivity index (χ2v) is 8.28.